The SMILES string of the molecule is C/C(=C\c1ccc(F)cc1-c1ccc(O)cc1)C(=O)NC(=N)N. The van der Waals surface area contributed by atoms with Crippen LogP contribution in [0.25, 0.3) is 17.2 Å². The molecule has 118 valence electrons. The zero-order valence-electron chi connectivity index (χ0n) is 12.4. The molecule has 2 aromatic rings. The Morgan fingerprint density at radius 2 is 1.91 bits per heavy atom. The van der Waals surface area contributed by atoms with Crippen LogP contribution in [-0.2, 0) is 4.79 Å². The van der Waals surface area contributed by atoms with E-state index >= 15 is 0 Å². The van der Waals surface area contributed by atoms with E-state index in [1.807, 2.05) is 0 Å². The van der Waals surface area contributed by atoms with Crippen molar-refractivity contribution in [2.45, 2.75) is 6.92 Å². The minimum atomic E-state index is -0.501. The molecule has 0 atom stereocenters. The number of hydrogen-bond acceptors (Lipinski definition) is 3. The normalized spacial score (nSPS) is 11.1. The summed E-state index contributed by atoms with van der Waals surface area (Å²) in [7, 11) is 0. The quantitative estimate of drug-likeness (QED) is 0.398. The van der Waals surface area contributed by atoms with Crippen LogP contribution in [0.1, 0.15) is 12.5 Å². The summed E-state index contributed by atoms with van der Waals surface area (Å²) in [6.45, 7) is 1.57. The Balaban J connectivity index is 2.45. The van der Waals surface area contributed by atoms with Crippen molar-refractivity contribution in [1.29, 1.82) is 5.41 Å². The van der Waals surface area contributed by atoms with Gasteiger partial charge in [-0.05, 0) is 54.0 Å². The Morgan fingerprint density at radius 1 is 1.26 bits per heavy atom. The molecule has 1 amide bonds. The second-order valence-electron chi connectivity index (χ2n) is 4.97. The van der Waals surface area contributed by atoms with E-state index in [0.29, 0.717) is 22.3 Å². The van der Waals surface area contributed by atoms with Crippen LogP contribution in [0.4, 0.5) is 4.39 Å². The Bertz CT molecular complexity index is 783. The van der Waals surface area contributed by atoms with Crippen LogP contribution < -0.4 is 11.1 Å². The van der Waals surface area contributed by atoms with E-state index in [9.17, 15) is 14.3 Å². The van der Waals surface area contributed by atoms with Gasteiger partial charge >= 0.3 is 0 Å². The molecule has 0 aliphatic heterocycles. The van der Waals surface area contributed by atoms with Crippen molar-refractivity contribution >= 4 is 17.9 Å². The van der Waals surface area contributed by atoms with Gasteiger partial charge in [-0.3, -0.25) is 15.5 Å². The lowest BCUT2D eigenvalue weighted by Crippen LogP contribution is -2.36. The van der Waals surface area contributed by atoms with E-state index in [-0.39, 0.29) is 5.75 Å². The fourth-order valence-corrected chi connectivity index (χ4v) is 2.07. The summed E-state index contributed by atoms with van der Waals surface area (Å²) in [6.07, 6.45) is 1.58. The van der Waals surface area contributed by atoms with Crippen LogP contribution in [0.5, 0.6) is 5.75 Å². The van der Waals surface area contributed by atoms with Gasteiger partial charge in [0, 0.05) is 5.57 Å². The molecule has 5 N–H and O–H groups in total. The van der Waals surface area contributed by atoms with Crippen molar-refractivity contribution in [3.05, 3.63) is 59.4 Å². The maximum Gasteiger partial charge on any atom is 0.253 e. The van der Waals surface area contributed by atoms with Gasteiger partial charge in [-0.15, -0.1) is 0 Å². The first kappa shape index (κ1) is 16.2. The van der Waals surface area contributed by atoms with Crippen molar-refractivity contribution < 1.29 is 14.3 Å². The van der Waals surface area contributed by atoms with E-state index in [1.54, 1.807) is 31.2 Å². The van der Waals surface area contributed by atoms with Crippen molar-refractivity contribution in [2.24, 2.45) is 5.73 Å². The summed E-state index contributed by atoms with van der Waals surface area (Å²) in [5.41, 5.74) is 7.37. The molecule has 5 nitrogen and oxygen atoms in total. The lowest BCUT2D eigenvalue weighted by atomic mass is 9.98. The molecular weight excluding hydrogens is 297 g/mol. The van der Waals surface area contributed by atoms with Gasteiger partial charge in [0.1, 0.15) is 11.6 Å². The number of aromatic hydroxyl groups is 1. The average Bonchev–Trinajstić information content (AvgIpc) is 2.49. The van der Waals surface area contributed by atoms with Crippen LogP contribution in [0.3, 0.4) is 0 Å². The Hall–Kier alpha value is -3.15. The average molecular weight is 313 g/mol. The molecule has 0 radical (unpaired) electrons. The second kappa shape index (κ2) is 6.74. The molecule has 2 rings (SSSR count). The number of halogens is 1. The highest BCUT2D eigenvalue weighted by atomic mass is 19.1. The molecule has 6 heteroatoms. The van der Waals surface area contributed by atoms with Gasteiger partial charge in [0.2, 0.25) is 0 Å². The van der Waals surface area contributed by atoms with Crippen LogP contribution in [0, 0.1) is 11.2 Å². The number of hydrogen-bond donors (Lipinski definition) is 4. The van der Waals surface area contributed by atoms with Crippen LogP contribution >= 0.6 is 0 Å². The summed E-state index contributed by atoms with van der Waals surface area (Å²) >= 11 is 0. The third-order valence-corrected chi connectivity index (χ3v) is 3.17. The van der Waals surface area contributed by atoms with Crippen molar-refractivity contribution in [1.82, 2.24) is 5.32 Å². The maximum absolute atomic E-state index is 13.6. The molecule has 23 heavy (non-hydrogen) atoms. The number of rotatable bonds is 3. The van der Waals surface area contributed by atoms with Crippen LogP contribution in [0.15, 0.2) is 48.0 Å². The minimum absolute atomic E-state index is 0.110. The lowest BCUT2D eigenvalue weighted by molar-refractivity contribution is -0.116. The number of amides is 1. The summed E-state index contributed by atoms with van der Waals surface area (Å²) in [5.74, 6) is -1.24. The molecule has 0 spiro atoms. The summed E-state index contributed by atoms with van der Waals surface area (Å²) in [5, 5.41) is 18.6. The molecule has 0 aliphatic carbocycles. The number of phenolic OH excluding ortho intramolecular Hbond substituents is 1. The number of phenols is 1. The van der Waals surface area contributed by atoms with E-state index in [1.165, 1.54) is 24.3 Å². The summed E-state index contributed by atoms with van der Waals surface area (Å²) in [4.78, 5) is 11.8. The fraction of sp³-hybridized carbons (Fsp3) is 0.0588. The summed E-state index contributed by atoms with van der Waals surface area (Å²) < 4.78 is 13.6. The highest BCUT2D eigenvalue weighted by Gasteiger charge is 2.09. The van der Waals surface area contributed by atoms with Crippen molar-refractivity contribution in [3.63, 3.8) is 0 Å². The first-order valence-corrected chi connectivity index (χ1v) is 6.79. The van der Waals surface area contributed by atoms with Crippen molar-refractivity contribution in [2.75, 3.05) is 0 Å². The van der Waals surface area contributed by atoms with Gasteiger partial charge in [-0.25, -0.2) is 4.39 Å². The molecular formula is C17H16FN3O2. The first-order valence-electron chi connectivity index (χ1n) is 6.79. The van der Waals surface area contributed by atoms with Gasteiger partial charge in [0.25, 0.3) is 5.91 Å². The number of carbonyl (C=O) groups is 1. The predicted octanol–water partition coefficient (Wildman–Crippen LogP) is 2.61. The topological polar surface area (TPSA) is 99.2 Å². The standard InChI is InChI=1S/C17H16FN3O2/c1-10(16(23)21-17(19)20)8-12-2-5-13(18)9-15(12)11-3-6-14(22)7-4-11/h2-9,22H,1H3,(H4,19,20,21,23)/b10-8+. The lowest BCUT2D eigenvalue weighted by Gasteiger charge is -2.09. The minimum Gasteiger partial charge on any atom is -0.508 e. The Morgan fingerprint density at radius 3 is 2.52 bits per heavy atom. The summed E-state index contributed by atoms with van der Waals surface area (Å²) in [6, 6.07) is 10.5. The van der Waals surface area contributed by atoms with E-state index < -0.39 is 17.7 Å². The van der Waals surface area contributed by atoms with Crippen LogP contribution in [0.2, 0.25) is 0 Å². The Labute approximate surface area is 132 Å². The zero-order chi connectivity index (χ0) is 17.0. The highest BCUT2D eigenvalue weighted by Crippen LogP contribution is 2.28. The molecule has 0 aliphatic rings. The van der Waals surface area contributed by atoms with Crippen molar-refractivity contribution in [3.8, 4) is 16.9 Å². The third kappa shape index (κ3) is 4.16. The van der Waals surface area contributed by atoms with Gasteiger partial charge in [0.15, 0.2) is 5.96 Å². The number of guanidine groups is 1. The monoisotopic (exact) mass is 313 g/mol. The van der Waals surface area contributed by atoms with Crippen LogP contribution in [-0.4, -0.2) is 17.0 Å². The third-order valence-electron chi connectivity index (χ3n) is 3.17. The first-order chi connectivity index (χ1) is 10.9. The molecule has 0 saturated carbocycles. The molecule has 0 bridgehead atoms. The number of nitrogens with two attached hydrogens (primary N) is 1. The van der Waals surface area contributed by atoms with E-state index in [0.717, 1.165) is 0 Å². The highest BCUT2D eigenvalue weighted by molar-refractivity contribution is 6.06. The molecule has 0 saturated heterocycles. The van der Waals surface area contributed by atoms with Gasteiger partial charge < -0.3 is 10.8 Å². The molecule has 0 fully saturated rings. The number of carbonyl (C=O) groups excluding carboxylic acids is 1. The fourth-order valence-electron chi connectivity index (χ4n) is 2.07. The largest absolute Gasteiger partial charge is 0.508 e. The van der Waals surface area contributed by atoms with Gasteiger partial charge in [-0.2, -0.15) is 0 Å². The van der Waals surface area contributed by atoms with E-state index in [4.69, 9.17) is 11.1 Å². The number of benzene rings is 2. The van der Waals surface area contributed by atoms with Gasteiger partial charge in [-0.1, -0.05) is 18.2 Å². The van der Waals surface area contributed by atoms with Gasteiger partial charge in [0.05, 0.1) is 0 Å². The predicted molar refractivity (Wildman–Crippen MR) is 87.2 cm³/mol. The number of nitrogens with one attached hydrogen (secondary N) is 2. The molecule has 2 aromatic carbocycles. The molecule has 0 heterocycles. The Kier molecular flexibility index (Phi) is 4.75. The second-order valence-corrected chi connectivity index (χ2v) is 4.97. The molecule has 0 aromatic heterocycles. The molecule has 0 unspecified atom stereocenters. The maximum atomic E-state index is 13.6. The van der Waals surface area contributed by atoms with E-state index in [2.05, 4.69) is 5.32 Å². The zero-order valence-corrected chi connectivity index (χ0v) is 12.4. The smallest absolute Gasteiger partial charge is 0.253 e.